The number of carbonyl (C=O) groups excluding carboxylic acids is 1. The number of amides is 1. The van der Waals surface area contributed by atoms with Crippen LogP contribution in [0.1, 0.15) is 18.1 Å². The van der Waals surface area contributed by atoms with Crippen LogP contribution >= 0.6 is 11.6 Å². The first-order valence-electron chi connectivity index (χ1n) is 6.56. The molecule has 0 heterocycles. The van der Waals surface area contributed by atoms with Crippen LogP contribution in [0.25, 0.3) is 0 Å². The second kappa shape index (κ2) is 6.50. The van der Waals surface area contributed by atoms with Gasteiger partial charge in [0.05, 0.1) is 5.02 Å². The lowest BCUT2D eigenvalue weighted by atomic mass is 10.1. The molecule has 2 aromatic carbocycles. The Labute approximate surface area is 128 Å². The van der Waals surface area contributed by atoms with Gasteiger partial charge in [-0.2, -0.15) is 0 Å². The zero-order valence-electron chi connectivity index (χ0n) is 11.9. The van der Waals surface area contributed by atoms with E-state index in [0.717, 1.165) is 22.5 Å². The highest BCUT2D eigenvalue weighted by atomic mass is 35.5. The Bertz CT molecular complexity index is 671. The summed E-state index contributed by atoms with van der Waals surface area (Å²) in [5.74, 6) is 0.000846. The lowest BCUT2D eigenvalue weighted by Gasteiger charge is -2.12. The maximum absolute atomic E-state index is 11.1. The molecule has 21 heavy (non-hydrogen) atoms. The van der Waals surface area contributed by atoms with Gasteiger partial charge in [-0.15, -0.1) is 0 Å². The number of nitrogens with one attached hydrogen (secondary N) is 2. The van der Waals surface area contributed by atoms with Gasteiger partial charge in [-0.3, -0.25) is 4.79 Å². The SMILES string of the molecule is CC(=O)Nc1ccc(NCc2cccc(Cl)c2O)cc1C. The Balaban J connectivity index is 2.08. The number of phenols is 1. The van der Waals surface area contributed by atoms with Crippen molar-refractivity contribution in [3.8, 4) is 5.75 Å². The summed E-state index contributed by atoms with van der Waals surface area (Å²) in [6, 6.07) is 10.9. The number of rotatable bonds is 4. The standard InChI is InChI=1S/C16H17ClN2O2/c1-10-8-13(6-7-15(10)19-11(2)20)18-9-12-4-3-5-14(17)16(12)21/h3-8,18,21H,9H2,1-2H3,(H,19,20). The molecule has 0 aromatic heterocycles. The summed E-state index contributed by atoms with van der Waals surface area (Å²) in [5.41, 5.74) is 3.39. The molecule has 2 rings (SSSR count). The van der Waals surface area contributed by atoms with Crippen molar-refractivity contribution in [2.45, 2.75) is 20.4 Å². The average Bonchev–Trinajstić information content (AvgIpc) is 2.43. The minimum Gasteiger partial charge on any atom is -0.506 e. The molecule has 0 saturated carbocycles. The number of carbonyl (C=O) groups is 1. The third-order valence-corrected chi connectivity index (χ3v) is 3.40. The summed E-state index contributed by atoms with van der Waals surface area (Å²) < 4.78 is 0. The molecule has 0 aliphatic heterocycles. The maximum atomic E-state index is 11.1. The van der Waals surface area contributed by atoms with Gasteiger partial charge in [0.2, 0.25) is 5.91 Å². The van der Waals surface area contributed by atoms with E-state index in [2.05, 4.69) is 10.6 Å². The van der Waals surface area contributed by atoms with Gasteiger partial charge >= 0.3 is 0 Å². The molecule has 0 bridgehead atoms. The molecule has 5 heteroatoms. The quantitative estimate of drug-likeness (QED) is 0.802. The van der Waals surface area contributed by atoms with Crippen LogP contribution in [0.3, 0.4) is 0 Å². The van der Waals surface area contributed by atoms with E-state index in [0.29, 0.717) is 11.6 Å². The lowest BCUT2D eigenvalue weighted by Crippen LogP contribution is -2.07. The lowest BCUT2D eigenvalue weighted by molar-refractivity contribution is -0.114. The molecule has 0 aliphatic rings. The first-order valence-corrected chi connectivity index (χ1v) is 6.93. The van der Waals surface area contributed by atoms with Crippen LogP contribution < -0.4 is 10.6 Å². The Morgan fingerprint density at radius 1 is 1.29 bits per heavy atom. The van der Waals surface area contributed by atoms with Crippen LogP contribution in [0, 0.1) is 6.92 Å². The monoisotopic (exact) mass is 304 g/mol. The van der Waals surface area contributed by atoms with Gasteiger partial charge in [0, 0.05) is 30.4 Å². The second-order valence-electron chi connectivity index (χ2n) is 4.81. The van der Waals surface area contributed by atoms with Gasteiger partial charge in [-0.1, -0.05) is 23.7 Å². The highest BCUT2D eigenvalue weighted by Crippen LogP contribution is 2.28. The molecular weight excluding hydrogens is 288 g/mol. The molecule has 0 aliphatic carbocycles. The van der Waals surface area contributed by atoms with Crippen molar-refractivity contribution in [1.82, 2.24) is 0 Å². The van der Waals surface area contributed by atoms with E-state index < -0.39 is 0 Å². The Kier molecular flexibility index (Phi) is 4.70. The number of para-hydroxylation sites is 1. The highest BCUT2D eigenvalue weighted by molar-refractivity contribution is 6.32. The number of halogens is 1. The molecule has 0 fully saturated rings. The topological polar surface area (TPSA) is 61.4 Å². The zero-order chi connectivity index (χ0) is 15.4. The first kappa shape index (κ1) is 15.2. The van der Waals surface area contributed by atoms with Crippen LogP contribution in [0.15, 0.2) is 36.4 Å². The van der Waals surface area contributed by atoms with Gasteiger partial charge in [0.1, 0.15) is 5.75 Å². The maximum Gasteiger partial charge on any atom is 0.221 e. The van der Waals surface area contributed by atoms with E-state index in [-0.39, 0.29) is 11.7 Å². The van der Waals surface area contributed by atoms with E-state index in [4.69, 9.17) is 11.6 Å². The first-order chi connectivity index (χ1) is 9.97. The van der Waals surface area contributed by atoms with Crippen LogP contribution in [-0.4, -0.2) is 11.0 Å². The fraction of sp³-hybridized carbons (Fsp3) is 0.188. The normalized spacial score (nSPS) is 10.2. The van der Waals surface area contributed by atoms with Crippen molar-refractivity contribution in [2.75, 3.05) is 10.6 Å². The number of hydrogen-bond acceptors (Lipinski definition) is 3. The molecular formula is C16H17ClN2O2. The van der Waals surface area contributed by atoms with Gasteiger partial charge in [-0.25, -0.2) is 0 Å². The highest BCUT2D eigenvalue weighted by Gasteiger charge is 2.06. The summed E-state index contributed by atoms with van der Waals surface area (Å²) in [5, 5.41) is 16.2. The fourth-order valence-electron chi connectivity index (χ4n) is 2.00. The van der Waals surface area contributed by atoms with E-state index in [1.54, 1.807) is 12.1 Å². The third-order valence-electron chi connectivity index (χ3n) is 3.09. The second-order valence-corrected chi connectivity index (χ2v) is 5.22. The Morgan fingerprint density at radius 2 is 2.05 bits per heavy atom. The number of phenolic OH excluding ortho intramolecular Hbond substituents is 1. The van der Waals surface area contributed by atoms with Crippen molar-refractivity contribution in [2.24, 2.45) is 0 Å². The van der Waals surface area contributed by atoms with Crippen molar-refractivity contribution >= 4 is 28.9 Å². The van der Waals surface area contributed by atoms with Crippen LogP contribution in [-0.2, 0) is 11.3 Å². The molecule has 3 N–H and O–H groups in total. The van der Waals surface area contributed by atoms with Crippen molar-refractivity contribution < 1.29 is 9.90 Å². The van der Waals surface area contributed by atoms with Gasteiger partial charge in [-0.05, 0) is 36.8 Å². The third kappa shape index (κ3) is 3.89. The predicted octanol–water partition coefficient (Wildman–Crippen LogP) is 3.92. The summed E-state index contributed by atoms with van der Waals surface area (Å²) in [7, 11) is 0. The van der Waals surface area contributed by atoms with Crippen molar-refractivity contribution in [3.63, 3.8) is 0 Å². The Hall–Kier alpha value is -2.20. The number of hydrogen-bond donors (Lipinski definition) is 3. The average molecular weight is 305 g/mol. The number of anilines is 2. The smallest absolute Gasteiger partial charge is 0.221 e. The minimum atomic E-state index is -0.0948. The van der Waals surface area contributed by atoms with Crippen LogP contribution in [0.2, 0.25) is 5.02 Å². The number of benzene rings is 2. The van der Waals surface area contributed by atoms with E-state index >= 15 is 0 Å². The van der Waals surface area contributed by atoms with Gasteiger partial charge in [0.15, 0.2) is 0 Å². The van der Waals surface area contributed by atoms with Crippen molar-refractivity contribution in [1.29, 1.82) is 0 Å². The molecule has 1 amide bonds. The molecule has 0 radical (unpaired) electrons. The number of aromatic hydroxyl groups is 1. The van der Waals surface area contributed by atoms with Crippen molar-refractivity contribution in [3.05, 3.63) is 52.5 Å². The van der Waals surface area contributed by atoms with Crippen LogP contribution in [0.5, 0.6) is 5.75 Å². The molecule has 0 unspecified atom stereocenters. The molecule has 4 nitrogen and oxygen atoms in total. The zero-order valence-corrected chi connectivity index (χ0v) is 12.7. The van der Waals surface area contributed by atoms with Gasteiger partial charge < -0.3 is 15.7 Å². The molecule has 2 aromatic rings. The van der Waals surface area contributed by atoms with Gasteiger partial charge in [0.25, 0.3) is 0 Å². The Morgan fingerprint density at radius 3 is 2.71 bits per heavy atom. The summed E-state index contributed by atoms with van der Waals surface area (Å²) >= 11 is 5.87. The molecule has 0 atom stereocenters. The number of aryl methyl sites for hydroxylation is 1. The summed E-state index contributed by atoms with van der Waals surface area (Å²) in [6.45, 7) is 3.87. The van der Waals surface area contributed by atoms with E-state index in [1.807, 2.05) is 31.2 Å². The molecule has 110 valence electrons. The largest absolute Gasteiger partial charge is 0.506 e. The fourth-order valence-corrected chi connectivity index (χ4v) is 2.20. The molecule has 0 saturated heterocycles. The summed E-state index contributed by atoms with van der Waals surface area (Å²) in [4.78, 5) is 11.1. The van der Waals surface area contributed by atoms with Crippen LogP contribution in [0.4, 0.5) is 11.4 Å². The predicted molar refractivity (Wildman–Crippen MR) is 85.9 cm³/mol. The van der Waals surface area contributed by atoms with E-state index in [9.17, 15) is 9.90 Å². The minimum absolute atomic E-state index is 0.0948. The van der Waals surface area contributed by atoms with E-state index in [1.165, 1.54) is 6.92 Å². The summed E-state index contributed by atoms with van der Waals surface area (Å²) in [6.07, 6.45) is 0. The molecule has 0 spiro atoms.